The highest BCUT2D eigenvalue weighted by atomic mass is 16.5. The first kappa shape index (κ1) is 18.6. The fourth-order valence-electron chi connectivity index (χ4n) is 4.04. The Hall–Kier alpha value is -2.74. The van der Waals surface area contributed by atoms with Crippen molar-refractivity contribution in [3.63, 3.8) is 0 Å². The van der Waals surface area contributed by atoms with Gasteiger partial charge in [0.2, 0.25) is 17.6 Å². The molecule has 28 heavy (non-hydrogen) atoms. The van der Waals surface area contributed by atoms with Crippen LogP contribution in [0.4, 0.5) is 0 Å². The monoisotopic (exact) mass is 384 g/mol. The second-order valence-electron chi connectivity index (χ2n) is 7.58. The highest BCUT2D eigenvalue weighted by Crippen LogP contribution is 2.23. The minimum atomic E-state index is -0.962. The lowest BCUT2D eigenvalue weighted by atomic mass is 9.97. The smallest absolute Gasteiger partial charge is 0.335 e. The summed E-state index contributed by atoms with van der Waals surface area (Å²) in [6, 6.07) is 6.43. The van der Waals surface area contributed by atoms with Crippen molar-refractivity contribution in [2.75, 3.05) is 26.2 Å². The number of aromatic nitrogens is 2. The fourth-order valence-corrected chi connectivity index (χ4v) is 4.04. The zero-order valence-electron chi connectivity index (χ0n) is 15.7. The number of carboxylic acid groups (broad SMARTS) is 1. The van der Waals surface area contributed by atoms with Crippen molar-refractivity contribution in [3.05, 3.63) is 35.7 Å². The number of hydrogen-bond donors (Lipinski definition) is 1. The van der Waals surface area contributed by atoms with Crippen molar-refractivity contribution in [1.29, 1.82) is 0 Å². The van der Waals surface area contributed by atoms with Gasteiger partial charge in [-0.3, -0.25) is 9.69 Å². The molecule has 148 valence electrons. The van der Waals surface area contributed by atoms with Crippen LogP contribution in [-0.2, 0) is 11.3 Å². The second-order valence-corrected chi connectivity index (χ2v) is 7.58. The minimum absolute atomic E-state index is 0.225. The van der Waals surface area contributed by atoms with Gasteiger partial charge in [0.25, 0.3) is 0 Å². The number of rotatable bonds is 6. The van der Waals surface area contributed by atoms with E-state index in [2.05, 4.69) is 15.0 Å². The Morgan fingerprint density at radius 3 is 2.75 bits per heavy atom. The van der Waals surface area contributed by atoms with E-state index in [-0.39, 0.29) is 11.5 Å². The summed E-state index contributed by atoms with van der Waals surface area (Å²) >= 11 is 0. The van der Waals surface area contributed by atoms with E-state index in [9.17, 15) is 9.59 Å². The number of amides is 1. The van der Waals surface area contributed by atoms with Crippen LogP contribution in [0.2, 0.25) is 0 Å². The first-order valence-electron chi connectivity index (χ1n) is 9.75. The molecule has 2 aliphatic rings. The second kappa shape index (κ2) is 8.10. The molecule has 2 aromatic rings. The molecule has 1 aromatic heterocycles. The average Bonchev–Trinajstić information content (AvgIpc) is 3.32. The highest BCUT2D eigenvalue weighted by Gasteiger charge is 2.27. The molecule has 2 saturated heterocycles. The van der Waals surface area contributed by atoms with Gasteiger partial charge in [-0.25, -0.2) is 4.79 Å². The number of carboxylic acids is 1. The summed E-state index contributed by atoms with van der Waals surface area (Å²) in [5.41, 5.74) is 0.951. The van der Waals surface area contributed by atoms with Crippen molar-refractivity contribution in [3.8, 4) is 11.4 Å². The number of piperidine rings is 1. The molecule has 8 nitrogen and oxygen atoms in total. The Labute approximate surface area is 163 Å². The summed E-state index contributed by atoms with van der Waals surface area (Å²) < 4.78 is 5.40. The van der Waals surface area contributed by atoms with Gasteiger partial charge in [0.05, 0.1) is 12.1 Å². The quantitative estimate of drug-likeness (QED) is 0.815. The molecular weight excluding hydrogens is 360 g/mol. The lowest BCUT2D eigenvalue weighted by molar-refractivity contribution is -0.128. The average molecular weight is 384 g/mol. The molecule has 1 N–H and O–H groups in total. The van der Waals surface area contributed by atoms with Crippen molar-refractivity contribution < 1.29 is 19.2 Å². The van der Waals surface area contributed by atoms with Crippen molar-refractivity contribution in [2.45, 2.75) is 32.2 Å². The van der Waals surface area contributed by atoms with Crippen LogP contribution >= 0.6 is 0 Å². The Kier molecular flexibility index (Phi) is 5.38. The van der Waals surface area contributed by atoms with Crippen LogP contribution in [0.5, 0.6) is 0 Å². The molecule has 1 atom stereocenters. The van der Waals surface area contributed by atoms with Crippen molar-refractivity contribution in [1.82, 2.24) is 19.9 Å². The summed E-state index contributed by atoms with van der Waals surface area (Å²) in [6.07, 6.45) is 3.91. The van der Waals surface area contributed by atoms with E-state index in [1.165, 1.54) is 12.1 Å². The van der Waals surface area contributed by atoms with Gasteiger partial charge < -0.3 is 14.5 Å². The standard InChI is InChI=1S/C20H24N4O4/c25-18-4-2-10-24(18)12-14-3-1-9-23(11-14)13-17-21-19(22-28-17)15-5-7-16(8-6-15)20(26)27/h5-8,14H,1-4,9-13H2,(H,26,27)/t14-/m1/s1. The van der Waals surface area contributed by atoms with E-state index < -0.39 is 5.97 Å². The number of carbonyl (C=O) groups excluding carboxylic acids is 1. The van der Waals surface area contributed by atoms with Crippen LogP contribution in [0.25, 0.3) is 11.4 Å². The Bertz CT molecular complexity index is 848. The van der Waals surface area contributed by atoms with Gasteiger partial charge in [-0.1, -0.05) is 17.3 Å². The first-order chi connectivity index (χ1) is 13.6. The molecule has 0 unspecified atom stereocenters. The van der Waals surface area contributed by atoms with Gasteiger partial charge in [0, 0.05) is 31.6 Å². The maximum absolute atomic E-state index is 11.9. The molecule has 2 fully saturated rings. The lowest BCUT2D eigenvalue weighted by Crippen LogP contribution is -2.41. The molecule has 1 aromatic carbocycles. The molecular formula is C20H24N4O4. The van der Waals surface area contributed by atoms with Crippen LogP contribution in [0.15, 0.2) is 28.8 Å². The van der Waals surface area contributed by atoms with Crippen LogP contribution in [0.3, 0.4) is 0 Å². The van der Waals surface area contributed by atoms with E-state index in [0.717, 1.165) is 51.0 Å². The zero-order chi connectivity index (χ0) is 19.5. The predicted octanol–water partition coefficient (Wildman–Crippen LogP) is 2.27. The maximum atomic E-state index is 11.9. The molecule has 0 aliphatic carbocycles. The van der Waals surface area contributed by atoms with Gasteiger partial charge in [-0.15, -0.1) is 0 Å². The molecule has 3 heterocycles. The highest BCUT2D eigenvalue weighted by molar-refractivity contribution is 5.88. The Morgan fingerprint density at radius 2 is 2.04 bits per heavy atom. The molecule has 1 amide bonds. The zero-order valence-corrected chi connectivity index (χ0v) is 15.7. The summed E-state index contributed by atoms with van der Waals surface area (Å²) in [4.78, 5) is 31.6. The maximum Gasteiger partial charge on any atom is 0.335 e. The molecule has 0 radical (unpaired) electrons. The van der Waals surface area contributed by atoms with Gasteiger partial charge in [-0.2, -0.15) is 4.98 Å². The summed E-state index contributed by atoms with van der Waals surface area (Å²) in [7, 11) is 0. The van der Waals surface area contributed by atoms with Crippen LogP contribution in [0, 0.1) is 5.92 Å². The molecule has 8 heteroatoms. The SMILES string of the molecule is O=C(O)c1ccc(-c2noc(CN3CCC[C@@H](CN4CCCC4=O)C3)n2)cc1. The van der Waals surface area contributed by atoms with Gasteiger partial charge in [0.15, 0.2) is 0 Å². The number of aromatic carboxylic acids is 1. The predicted molar refractivity (Wildman–Crippen MR) is 101 cm³/mol. The van der Waals surface area contributed by atoms with Crippen LogP contribution in [-0.4, -0.2) is 63.1 Å². The normalized spacial score (nSPS) is 20.6. The summed E-state index contributed by atoms with van der Waals surface area (Å²) in [5, 5.41) is 13.0. The molecule has 0 saturated carbocycles. The van der Waals surface area contributed by atoms with Crippen molar-refractivity contribution >= 4 is 11.9 Å². The topological polar surface area (TPSA) is 99.8 Å². The molecule has 2 aliphatic heterocycles. The van der Waals surface area contributed by atoms with Gasteiger partial charge in [0.1, 0.15) is 0 Å². The summed E-state index contributed by atoms with van der Waals surface area (Å²) in [5.74, 6) is 0.823. The molecule has 0 spiro atoms. The van der Waals surface area contributed by atoms with Crippen LogP contribution in [0.1, 0.15) is 41.9 Å². The number of likely N-dealkylation sites (tertiary alicyclic amines) is 2. The Morgan fingerprint density at radius 1 is 1.21 bits per heavy atom. The summed E-state index contributed by atoms with van der Waals surface area (Å²) in [6.45, 7) is 4.23. The van der Waals surface area contributed by atoms with Crippen LogP contribution < -0.4 is 0 Å². The third-order valence-electron chi connectivity index (χ3n) is 5.47. The van der Waals surface area contributed by atoms with E-state index in [4.69, 9.17) is 9.63 Å². The van der Waals surface area contributed by atoms with Gasteiger partial charge in [-0.05, 0) is 43.9 Å². The third kappa shape index (κ3) is 4.22. The van der Waals surface area contributed by atoms with Crippen molar-refractivity contribution in [2.24, 2.45) is 5.92 Å². The first-order valence-corrected chi connectivity index (χ1v) is 9.75. The van der Waals surface area contributed by atoms with Gasteiger partial charge >= 0.3 is 5.97 Å². The van der Waals surface area contributed by atoms with E-state index in [1.54, 1.807) is 12.1 Å². The number of benzene rings is 1. The number of carbonyl (C=O) groups is 2. The van der Waals surface area contributed by atoms with E-state index in [1.807, 2.05) is 4.90 Å². The number of nitrogens with zero attached hydrogens (tertiary/aromatic N) is 4. The Balaban J connectivity index is 1.35. The largest absolute Gasteiger partial charge is 0.478 e. The minimum Gasteiger partial charge on any atom is -0.478 e. The molecule has 0 bridgehead atoms. The fraction of sp³-hybridized carbons (Fsp3) is 0.500. The third-order valence-corrected chi connectivity index (χ3v) is 5.47. The lowest BCUT2D eigenvalue weighted by Gasteiger charge is -2.33. The number of hydrogen-bond acceptors (Lipinski definition) is 6. The molecule has 4 rings (SSSR count). The van der Waals surface area contributed by atoms with E-state index >= 15 is 0 Å². The van der Waals surface area contributed by atoms with E-state index in [0.29, 0.717) is 30.6 Å².